The van der Waals surface area contributed by atoms with Crippen molar-refractivity contribution in [2.75, 3.05) is 0 Å². The maximum atomic E-state index is 13.1. The number of aliphatic hydroxyl groups is 1. The van der Waals surface area contributed by atoms with Crippen LogP contribution in [0.5, 0.6) is 0 Å². The van der Waals surface area contributed by atoms with Crippen LogP contribution in [0.25, 0.3) is 0 Å². The van der Waals surface area contributed by atoms with E-state index in [2.05, 4.69) is 0 Å². The van der Waals surface area contributed by atoms with Gasteiger partial charge in [-0.3, -0.25) is 14.5 Å². The lowest BCUT2D eigenvalue weighted by Gasteiger charge is -2.57. The monoisotopic (exact) mass is 343 g/mol. The molecule has 128 valence electrons. The summed E-state index contributed by atoms with van der Waals surface area (Å²) in [4.78, 5) is 27.5. The third kappa shape index (κ3) is 2.01. The third-order valence-electron chi connectivity index (χ3n) is 6.20. The molecule has 3 aliphatic rings. The normalized spacial score (nSPS) is 30.3. The van der Waals surface area contributed by atoms with Gasteiger partial charge in [0.05, 0.1) is 22.3 Å². The number of imide groups is 1. The summed E-state index contributed by atoms with van der Waals surface area (Å²) in [6.45, 7) is 0. The Kier molecular flexibility index (Phi) is 3.09. The SMILES string of the molecule is [B]c1ccc(C2(N3C(=O)c4ccccc4C3=O)CC(O)(C3CC3)C2)cc1. The van der Waals surface area contributed by atoms with E-state index >= 15 is 0 Å². The van der Waals surface area contributed by atoms with E-state index in [0.717, 1.165) is 18.4 Å². The van der Waals surface area contributed by atoms with E-state index in [4.69, 9.17) is 7.85 Å². The third-order valence-corrected chi connectivity index (χ3v) is 6.20. The fourth-order valence-electron chi connectivity index (χ4n) is 4.73. The second-order valence-corrected chi connectivity index (χ2v) is 7.88. The molecule has 2 aromatic carbocycles. The van der Waals surface area contributed by atoms with E-state index in [1.807, 2.05) is 12.1 Å². The summed E-state index contributed by atoms with van der Waals surface area (Å²) in [5, 5.41) is 11.0. The summed E-state index contributed by atoms with van der Waals surface area (Å²) < 4.78 is 0. The van der Waals surface area contributed by atoms with Crippen LogP contribution in [0.15, 0.2) is 48.5 Å². The van der Waals surface area contributed by atoms with E-state index < -0.39 is 11.1 Å². The lowest BCUT2D eigenvalue weighted by atomic mass is 9.58. The predicted molar refractivity (Wildman–Crippen MR) is 97.4 cm³/mol. The molecule has 1 heterocycles. The van der Waals surface area contributed by atoms with Crippen LogP contribution in [0.1, 0.15) is 52.0 Å². The first-order valence-corrected chi connectivity index (χ1v) is 9.01. The molecule has 1 N–H and O–H groups in total. The van der Waals surface area contributed by atoms with Gasteiger partial charge in [0, 0.05) is 12.8 Å². The molecule has 0 spiro atoms. The van der Waals surface area contributed by atoms with Crippen molar-refractivity contribution in [3.05, 3.63) is 65.2 Å². The van der Waals surface area contributed by atoms with Gasteiger partial charge in [-0.1, -0.05) is 41.9 Å². The van der Waals surface area contributed by atoms with Crippen molar-refractivity contribution in [2.45, 2.75) is 36.8 Å². The lowest BCUT2D eigenvalue weighted by molar-refractivity contribution is -0.143. The molecule has 0 atom stereocenters. The number of hydrogen-bond donors (Lipinski definition) is 1. The van der Waals surface area contributed by atoms with Crippen molar-refractivity contribution < 1.29 is 14.7 Å². The number of nitrogens with zero attached hydrogens (tertiary/aromatic N) is 1. The van der Waals surface area contributed by atoms with Crippen molar-refractivity contribution in [1.82, 2.24) is 4.90 Å². The molecular weight excluding hydrogens is 325 g/mol. The first-order valence-electron chi connectivity index (χ1n) is 9.01. The fraction of sp³-hybridized carbons (Fsp3) is 0.333. The van der Waals surface area contributed by atoms with Crippen molar-refractivity contribution >= 4 is 25.1 Å². The first kappa shape index (κ1) is 15.8. The molecule has 2 radical (unpaired) electrons. The largest absolute Gasteiger partial charge is 0.389 e. The average Bonchev–Trinajstić information content (AvgIpc) is 3.42. The standard InChI is InChI=1S/C21H18BNO3/c22-15-9-7-13(8-10-15)20(11-21(26,12-20)14-5-6-14)23-18(24)16-3-1-2-4-17(16)19(23)25/h1-4,7-10,14,26H,5-6,11-12H2. The molecule has 0 aromatic heterocycles. The number of hydrogen-bond acceptors (Lipinski definition) is 3. The summed E-state index contributed by atoms with van der Waals surface area (Å²) in [5.41, 5.74) is 0.757. The molecule has 1 aliphatic heterocycles. The number of fused-ring (bicyclic) bond motifs is 1. The number of amides is 2. The van der Waals surface area contributed by atoms with Gasteiger partial charge in [0.2, 0.25) is 0 Å². The summed E-state index contributed by atoms with van der Waals surface area (Å²) in [7, 11) is 5.82. The zero-order valence-electron chi connectivity index (χ0n) is 14.3. The van der Waals surface area contributed by atoms with Crippen LogP contribution in [0.4, 0.5) is 0 Å². The van der Waals surface area contributed by atoms with Crippen LogP contribution in [-0.4, -0.2) is 35.3 Å². The highest BCUT2D eigenvalue weighted by Gasteiger charge is 2.66. The van der Waals surface area contributed by atoms with E-state index in [0.29, 0.717) is 29.4 Å². The van der Waals surface area contributed by atoms with Gasteiger partial charge in [-0.05, 0) is 36.5 Å². The van der Waals surface area contributed by atoms with Crippen molar-refractivity contribution in [3.63, 3.8) is 0 Å². The Morgan fingerprint density at radius 1 is 0.923 bits per heavy atom. The molecule has 4 nitrogen and oxygen atoms in total. The number of carbonyl (C=O) groups is 2. The topological polar surface area (TPSA) is 57.6 Å². The zero-order valence-corrected chi connectivity index (χ0v) is 14.3. The molecule has 26 heavy (non-hydrogen) atoms. The van der Waals surface area contributed by atoms with Crippen LogP contribution < -0.4 is 5.46 Å². The van der Waals surface area contributed by atoms with Crippen LogP contribution in [-0.2, 0) is 5.54 Å². The Labute approximate surface area is 153 Å². The number of carbonyl (C=O) groups excluding carboxylic acids is 2. The van der Waals surface area contributed by atoms with Gasteiger partial charge in [-0.2, -0.15) is 0 Å². The maximum absolute atomic E-state index is 13.1. The lowest BCUT2D eigenvalue weighted by Crippen LogP contribution is -2.65. The maximum Gasteiger partial charge on any atom is 0.262 e. The smallest absolute Gasteiger partial charge is 0.262 e. The molecule has 0 unspecified atom stereocenters. The van der Waals surface area contributed by atoms with Crippen molar-refractivity contribution in [3.8, 4) is 0 Å². The molecule has 5 heteroatoms. The minimum Gasteiger partial charge on any atom is -0.389 e. The minimum atomic E-state index is -0.807. The second kappa shape index (κ2) is 5.07. The van der Waals surface area contributed by atoms with Gasteiger partial charge >= 0.3 is 0 Å². The summed E-state index contributed by atoms with van der Waals surface area (Å²) >= 11 is 0. The quantitative estimate of drug-likeness (QED) is 0.684. The Bertz CT molecular complexity index is 892. The van der Waals surface area contributed by atoms with E-state index in [9.17, 15) is 14.7 Å². The fourth-order valence-corrected chi connectivity index (χ4v) is 4.73. The molecule has 5 rings (SSSR count). The molecule has 2 aliphatic carbocycles. The summed E-state index contributed by atoms with van der Waals surface area (Å²) in [6.07, 6.45) is 2.80. The second-order valence-electron chi connectivity index (χ2n) is 7.88. The predicted octanol–water partition coefficient (Wildman–Crippen LogP) is 1.91. The molecule has 0 saturated heterocycles. The highest BCUT2D eigenvalue weighted by atomic mass is 16.3. The Morgan fingerprint density at radius 3 is 1.96 bits per heavy atom. The highest BCUT2D eigenvalue weighted by molar-refractivity contribution is 6.32. The Morgan fingerprint density at radius 2 is 1.46 bits per heavy atom. The Hall–Kier alpha value is -2.40. The zero-order chi connectivity index (χ0) is 18.1. The first-order chi connectivity index (χ1) is 12.4. The molecule has 2 aromatic rings. The molecule has 2 saturated carbocycles. The van der Waals surface area contributed by atoms with E-state index in [1.54, 1.807) is 36.4 Å². The van der Waals surface area contributed by atoms with E-state index in [-0.39, 0.29) is 17.7 Å². The number of rotatable bonds is 3. The van der Waals surface area contributed by atoms with Gasteiger partial charge in [-0.25, -0.2) is 0 Å². The van der Waals surface area contributed by atoms with Crippen LogP contribution in [0, 0.1) is 5.92 Å². The van der Waals surface area contributed by atoms with Gasteiger partial charge < -0.3 is 5.11 Å². The van der Waals surface area contributed by atoms with Crippen LogP contribution in [0.2, 0.25) is 0 Å². The highest BCUT2D eigenvalue weighted by Crippen LogP contribution is 2.61. The van der Waals surface area contributed by atoms with Gasteiger partial charge in [0.1, 0.15) is 7.85 Å². The molecule has 2 fully saturated rings. The van der Waals surface area contributed by atoms with Crippen molar-refractivity contribution in [1.29, 1.82) is 0 Å². The molecule has 2 amide bonds. The Balaban J connectivity index is 1.61. The van der Waals surface area contributed by atoms with Gasteiger partial charge in [0.15, 0.2) is 0 Å². The van der Waals surface area contributed by atoms with E-state index in [1.165, 1.54) is 4.90 Å². The van der Waals surface area contributed by atoms with Gasteiger partial charge in [-0.15, -0.1) is 0 Å². The minimum absolute atomic E-state index is 0.277. The summed E-state index contributed by atoms with van der Waals surface area (Å²) in [6, 6.07) is 14.2. The van der Waals surface area contributed by atoms with Crippen LogP contribution in [0.3, 0.4) is 0 Å². The number of benzene rings is 2. The molecule has 0 bridgehead atoms. The van der Waals surface area contributed by atoms with Crippen LogP contribution >= 0.6 is 0 Å². The summed E-state index contributed by atoms with van der Waals surface area (Å²) in [5.74, 6) is -0.278. The molecular formula is C21H18BNO3. The average molecular weight is 343 g/mol. The van der Waals surface area contributed by atoms with Crippen molar-refractivity contribution in [2.24, 2.45) is 5.92 Å². The van der Waals surface area contributed by atoms with Gasteiger partial charge in [0.25, 0.3) is 11.8 Å².